The maximum Gasteiger partial charge on any atom is 0.137 e. The third kappa shape index (κ3) is 2.49. The summed E-state index contributed by atoms with van der Waals surface area (Å²) >= 11 is 3.22. The van der Waals surface area contributed by atoms with Gasteiger partial charge in [-0.25, -0.2) is 4.39 Å². The summed E-state index contributed by atoms with van der Waals surface area (Å²) in [7, 11) is 0. The molecule has 0 spiro atoms. The Morgan fingerprint density at radius 1 is 1.05 bits per heavy atom. The molecule has 0 aliphatic heterocycles. The lowest BCUT2D eigenvalue weighted by atomic mass is 10.1. The molecular weight excluding hydrogens is 319 g/mol. The minimum absolute atomic E-state index is 0.239. The van der Waals surface area contributed by atoms with Crippen molar-refractivity contribution >= 4 is 26.8 Å². The van der Waals surface area contributed by atoms with Gasteiger partial charge in [0.25, 0.3) is 0 Å². The van der Waals surface area contributed by atoms with Gasteiger partial charge < -0.3 is 10.3 Å². The van der Waals surface area contributed by atoms with Gasteiger partial charge in [-0.05, 0) is 56.7 Å². The zero-order valence-electron chi connectivity index (χ0n) is 10.8. The van der Waals surface area contributed by atoms with Crippen LogP contribution in [-0.4, -0.2) is 4.57 Å². The van der Waals surface area contributed by atoms with E-state index in [1.165, 1.54) is 11.5 Å². The second kappa shape index (κ2) is 5.38. The lowest BCUT2D eigenvalue weighted by Gasteiger charge is -2.07. The predicted molar refractivity (Wildman–Crippen MR) is 83.0 cm³/mol. The van der Waals surface area contributed by atoms with E-state index < -0.39 is 0 Å². The zero-order chi connectivity index (χ0) is 14.1. The normalized spacial score (nSPS) is 11.2. The molecule has 0 saturated heterocycles. The molecule has 3 aromatic rings. The summed E-state index contributed by atoms with van der Waals surface area (Å²) in [5, 5.41) is 1.18. The fourth-order valence-corrected chi connectivity index (χ4v) is 2.76. The van der Waals surface area contributed by atoms with E-state index in [-0.39, 0.29) is 5.82 Å². The Bertz CT molecular complexity index is 764. The van der Waals surface area contributed by atoms with Crippen LogP contribution in [0.4, 0.5) is 4.39 Å². The maximum absolute atomic E-state index is 13.3. The molecule has 0 fully saturated rings. The SMILES string of the molecule is NCc1ccc2ccn(Cc3ccc(F)c(Br)c3)c2c1. The Labute approximate surface area is 125 Å². The van der Waals surface area contributed by atoms with Gasteiger partial charge in [0.15, 0.2) is 0 Å². The van der Waals surface area contributed by atoms with Crippen LogP contribution in [0.15, 0.2) is 53.1 Å². The van der Waals surface area contributed by atoms with Crippen LogP contribution in [0.2, 0.25) is 0 Å². The number of nitrogens with two attached hydrogens (primary N) is 1. The van der Waals surface area contributed by atoms with Gasteiger partial charge in [-0.3, -0.25) is 0 Å². The lowest BCUT2D eigenvalue weighted by molar-refractivity contribution is 0.619. The Kier molecular flexibility index (Phi) is 3.59. The van der Waals surface area contributed by atoms with E-state index in [1.807, 2.05) is 18.3 Å². The predicted octanol–water partition coefficient (Wildman–Crippen LogP) is 4.05. The van der Waals surface area contributed by atoms with Gasteiger partial charge in [-0.1, -0.05) is 18.2 Å². The molecule has 2 N–H and O–H groups in total. The minimum Gasteiger partial charge on any atom is -0.343 e. The molecule has 0 atom stereocenters. The molecule has 0 aliphatic rings. The summed E-state index contributed by atoms with van der Waals surface area (Å²) in [6.07, 6.45) is 2.04. The van der Waals surface area contributed by atoms with E-state index in [0.29, 0.717) is 17.6 Å². The third-order valence-corrected chi connectivity index (χ3v) is 4.02. The van der Waals surface area contributed by atoms with Crippen molar-refractivity contribution in [2.45, 2.75) is 13.1 Å². The van der Waals surface area contributed by atoms with E-state index in [4.69, 9.17) is 5.73 Å². The summed E-state index contributed by atoms with van der Waals surface area (Å²) in [6, 6.07) is 13.4. The highest BCUT2D eigenvalue weighted by Crippen LogP contribution is 2.21. The molecule has 0 unspecified atom stereocenters. The van der Waals surface area contributed by atoms with E-state index in [2.05, 4.69) is 38.7 Å². The highest BCUT2D eigenvalue weighted by Gasteiger charge is 2.05. The quantitative estimate of drug-likeness (QED) is 0.770. The number of fused-ring (bicyclic) bond motifs is 1. The van der Waals surface area contributed by atoms with Crippen LogP contribution in [0.5, 0.6) is 0 Å². The number of hydrogen-bond acceptors (Lipinski definition) is 1. The first kappa shape index (κ1) is 13.3. The Morgan fingerprint density at radius 3 is 2.60 bits per heavy atom. The first-order valence-corrected chi connectivity index (χ1v) is 7.18. The lowest BCUT2D eigenvalue weighted by Crippen LogP contribution is -2.00. The van der Waals surface area contributed by atoms with Crippen LogP contribution in [-0.2, 0) is 13.1 Å². The van der Waals surface area contributed by atoms with Gasteiger partial charge in [-0.15, -0.1) is 0 Å². The minimum atomic E-state index is -0.239. The molecule has 0 bridgehead atoms. The second-order valence-corrected chi connectivity index (χ2v) is 5.64. The molecule has 2 aromatic carbocycles. The molecule has 3 rings (SSSR count). The zero-order valence-corrected chi connectivity index (χ0v) is 12.4. The molecule has 102 valence electrons. The average molecular weight is 333 g/mol. The van der Waals surface area contributed by atoms with Gasteiger partial charge in [0.05, 0.1) is 4.47 Å². The van der Waals surface area contributed by atoms with Gasteiger partial charge >= 0.3 is 0 Å². The van der Waals surface area contributed by atoms with Crippen LogP contribution in [0.25, 0.3) is 10.9 Å². The van der Waals surface area contributed by atoms with Crippen molar-refractivity contribution < 1.29 is 4.39 Å². The van der Waals surface area contributed by atoms with Crippen LogP contribution < -0.4 is 5.73 Å². The van der Waals surface area contributed by atoms with E-state index in [1.54, 1.807) is 6.07 Å². The van der Waals surface area contributed by atoms with E-state index in [0.717, 1.165) is 16.6 Å². The summed E-state index contributed by atoms with van der Waals surface area (Å²) in [4.78, 5) is 0. The summed E-state index contributed by atoms with van der Waals surface area (Å²) in [5.74, 6) is -0.239. The van der Waals surface area contributed by atoms with Crippen molar-refractivity contribution in [3.8, 4) is 0 Å². The first-order chi connectivity index (χ1) is 9.67. The second-order valence-electron chi connectivity index (χ2n) is 4.79. The molecule has 2 nitrogen and oxygen atoms in total. The molecule has 20 heavy (non-hydrogen) atoms. The highest BCUT2D eigenvalue weighted by molar-refractivity contribution is 9.10. The van der Waals surface area contributed by atoms with E-state index in [9.17, 15) is 4.39 Å². The average Bonchev–Trinajstić information content (AvgIpc) is 2.85. The van der Waals surface area contributed by atoms with Crippen molar-refractivity contribution in [2.24, 2.45) is 5.73 Å². The van der Waals surface area contributed by atoms with Crippen molar-refractivity contribution in [3.63, 3.8) is 0 Å². The largest absolute Gasteiger partial charge is 0.343 e. The maximum atomic E-state index is 13.3. The number of benzene rings is 2. The van der Waals surface area contributed by atoms with Gasteiger partial charge in [0.1, 0.15) is 5.82 Å². The van der Waals surface area contributed by atoms with Crippen molar-refractivity contribution in [1.82, 2.24) is 4.57 Å². The van der Waals surface area contributed by atoms with Crippen LogP contribution >= 0.6 is 15.9 Å². The highest BCUT2D eigenvalue weighted by atomic mass is 79.9. The molecular formula is C16H14BrFN2. The monoisotopic (exact) mass is 332 g/mol. The molecule has 0 amide bonds. The van der Waals surface area contributed by atoms with Crippen LogP contribution in [0.3, 0.4) is 0 Å². The van der Waals surface area contributed by atoms with Crippen molar-refractivity contribution in [2.75, 3.05) is 0 Å². The number of nitrogens with zero attached hydrogens (tertiary/aromatic N) is 1. The van der Waals surface area contributed by atoms with Crippen LogP contribution in [0.1, 0.15) is 11.1 Å². The smallest absolute Gasteiger partial charge is 0.137 e. The number of rotatable bonds is 3. The fraction of sp³-hybridized carbons (Fsp3) is 0.125. The number of hydrogen-bond donors (Lipinski definition) is 1. The van der Waals surface area contributed by atoms with Crippen molar-refractivity contribution in [3.05, 3.63) is 70.1 Å². The first-order valence-electron chi connectivity index (χ1n) is 6.39. The number of halogens is 2. The molecule has 4 heteroatoms. The summed E-state index contributed by atoms with van der Waals surface area (Å²) in [6.45, 7) is 1.24. The van der Waals surface area contributed by atoms with Crippen molar-refractivity contribution in [1.29, 1.82) is 0 Å². The third-order valence-electron chi connectivity index (χ3n) is 3.41. The van der Waals surface area contributed by atoms with E-state index >= 15 is 0 Å². The number of aromatic nitrogens is 1. The summed E-state index contributed by atoms with van der Waals surface area (Å²) < 4.78 is 15.9. The Morgan fingerprint density at radius 2 is 1.85 bits per heavy atom. The topological polar surface area (TPSA) is 30.9 Å². The fourth-order valence-electron chi connectivity index (χ4n) is 2.33. The van der Waals surface area contributed by atoms with Gasteiger partial charge in [0.2, 0.25) is 0 Å². The molecule has 0 saturated carbocycles. The summed E-state index contributed by atoms with van der Waals surface area (Å²) in [5.41, 5.74) is 9.00. The molecule has 0 aliphatic carbocycles. The van der Waals surface area contributed by atoms with Gasteiger partial charge in [-0.2, -0.15) is 0 Å². The standard InChI is InChI=1S/C16H14BrFN2/c17-14-7-12(2-4-15(14)18)10-20-6-5-13-3-1-11(9-19)8-16(13)20/h1-8H,9-10,19H2. The van der Waals surface area contributed by atoms with Gasteiger partial charge in [0, 0.05) is 24.8 Å². The Balaban J connectivity index is 1.99. The Hall–Kier alpha value is -1.65. The molecule has 1 heterocycles. The molecule has 0 radical (unpaired) electrons. The molecule has 1 aromatic heterocycles. The van der Waals surface area contributed by atoms with Crippen LogP contribution in [0, 0.1) is 5.82 Å².